The van der Waals surface area contributed by atoms with E-state index in [0.29, 0.717) is 0 Å². The van der Waals surface area contributed by atoms with E-state index in [0.717, 1.165) is 0 Å². The molecule has 0 bridgehead atoms. The zero-order chi connectivity index (χ0) is 13.3. The van der Waals surface area contributed by atoms with Gasteiger partial charge < -0.3 is 19.3 Å². The van der Waals surface area contributed by atoms with Gasteiger partial charge in [-0.15, -0.1) is 0 Å². The van der Waals surface area contributed by atoms with Gasteiger partial charge in [-0.25, -0.2) is 9.59 Å². The van der Waals surface area contributed by atoms with Gasteiger partial charge >= 0.3 is 12.1 Å². The van der Waals surface area contributed by atoms with E-state index in [9.17, 15) is 14.7 Å². The van der Waals surface area contributed by atoms with Crippen LogP contribution in [0.25, 0.3) is 0 Å². The number of hydrogen-bond donors (Lipinski definition) is 1. The Morgan fingerprint density at radius 2 is 2.18 bits per heavy atom. The van der Waals surface area contributed by atoms with Gasteiger partial charge in [-0.2, -0.15) is 0 Å². The van der Waals surface area contributed by atoms with Crippen LogP contribution in [0.3, 0.4) is 0 Å². The van der Waals surface area contributed by atoms with E-state index >= 15 is 0 Å². The van der Waals surface area contributed by atoms with Crippen LogP contribution in [0.2, 0.25) is 0 Å². The third-order valence-corrected chi connectivity index (χ3v) is 2.12. The monoisotopic (exact) mass is 246 g/mol. The molecule has 1 fully saturated rings. The molecule has 0 radical (unpaired) electrons. The van der Waals surface area contributed by atoms with Gasteiger partial charge in [0, 0.05) is 6.42 Å². The van der Waals surface area contributed by atoms with Crippen molar-refractivity contribution in [3.63, 3.8) is 0 Å². The van der Waals surface area contributed by atoms with Gasteiger partial charge in [0.05, 0.1) is 0 Å². The Kier molecular flexibility index (Phi) is 3.66. The predicted octanol–water partition coefficient (Wildman–Crippen LogP) is 1.00. The quantitative estimate of drug-likeness (QED) is 0.732. The zero-order valence-corrected chi connectivity index (χ0v) is 10.5. The molecule has 0 unspecified atom stereocenters. The number of carbonyl (C=O) groups is 2. The minimum absolute atomic E-state index is 0.106. The van der Waals surface area contributed by atoms with Crippen molar-refractivity contribution < 1.29 is 28.9 Å². The van der Waals surface area contributed by atoms with Crippen LogP contribution >= 0.6 is 0 Å². The average Bonchev–Trinajstić information content (AvgIpc) is 2.35. The lowest BCUT2D eigenvalue weighted by atomic mass is 10.0. The van der Waals surface area contributed by atoms with E-state index in [1.165, 1.54) is 6.92 Å². The van der Waals surface area contributed by atoms with Gasteiger partial charge in [0.15, 0.2) is 5.60 Å². The molecule has 1 heterocycles. The number of carbonyl (C=O) groups excluding carboxylic acids is 2. The van der Waals surface area contributed by atoms with Crippen molar-refractivity contribution in [2.75, 3.05) is 6.61 Å². The summed E-state index contributed by atoms with van der Waals surface area (Å²) in [7, 11) is 0. The summed E-state index contributed by atoms with van der Waals surface area (Å²) >= 11 is 0. The van der Waals surface area contributed by atoms with Crippen molar-refractivity contribution >= 4 is 12.1 Å². The second kappa shape index (κ2) is 4.52. The molecular formula is C11H18O6. The van der Waals surface area contributed by atoms with Crippen molar-refractivity contribution in [1.29, 1.82) is 0 Å². The molecule has 17 heavy (non-hydrogen) atoms. The molecule has 0 aromatic heterocycles. The van der Waals surface area contributed by atoms with Crippen LogP contribution in [-0.4, -0.2) is 41.1 Å². The highest BCUT2D eigenvalue weighted by molar-refractivity contribution is 5.80. The molecule has 0 aliphatic carbocycles. The van der Waals surface area contributed by atoms with Crippen LogP contribution in [-0.2, 0) is 19.0 Å². The normalized spacial score (nSPS) is 28.8. The SMILES string of the molecule is CC(C)(C)OC(=O)OC[C@@H]1C[C@](C)(O)C(=O)O1. The van der Waals surface area contributed by atoms with E-state index in [4.69, 9.17) is 14.2 Å². The molecule has 0 spiro atoms. The molecule has 6 heteroatoms. The summed E-state index contributed by atoms with van der Waals surface area (Å²) in [5, 5.41) is 9.54. The summed E-state index contributed by atoms with van der Waals surface area (Å²) in [5.41, 5.74) is -2.13. The lowest BCUT2D eigenvalue weighted by Gasteiger charge is -2.19. The Balaban J connectivity index is 2.34. The van der Waals surface area contributed by atoms with E-state index in [2.05, 4.69) is 0 Å². The largest absolute Gasteiger partial charge is 0.508 e. The van der Waals surface area contributed by atoms with Gasteiger partial charge in [0.25, 0.3) is 0 Å². The number of ether oxygens (including phenoxy) is 3. The van der Waals surface area contributed by atoms with E-state index in [-0.39, 0.29) is 13.0 Å². The Morgan fingerprint density at radius 3 is 2.59 bits per heavy atom. The molecular weight excluding hydrogens is 228 g/mol. The summed E-state index contributed by atoms with van der Waals surface area (Å²) < 4.78 is 14.5. The van der Waals surface area contributed by atoms with Crippen molar-refractivity contribution in [1.82, 2.24) is 0 Å². The minimum Gasteiger partial charge on any atom is -0.456 e. The topological polar surface area (TPSA) is 82.1 Å². The van der Waals surface area contributed by atoms with Crippen LogP contribution in [0, 0.1) is 0 Å². The lowest BCUT2D eigenvalue weighted by molar-refractivity contribution is -0.154. The van der Waals surface area contributed by atoms with Crippen molar-refractivity contribution in [2.24, 2.45) is 0 Å². The van der Waals surface area contributed by atoms with Crippen molar-refractivity contribution in [3.8, 4) is 0 Å². The number of hydrogen-bond acceptors (Lipinski definition) is 6. The molecule has 1 rings (SSSR count). The summed E-state index contributed by atoms with van der Waals surface area (Å²) in [6, 6.07) is 0. The molecule has 1 aliphatic heterocycles. The number of esters is 1. The average molecular weight is 246 g/mol. The fraction of sp³-hybridized carbons (Fsp3) is 0.818. The number of aliphatic hydroxyl groups is 1. The number of rotatable bonds is 2. The van der Waals surface area contributed by atoms with Crippen LogP contribution < -0.4 is 0 Å². The summed E-state index contributed by atoms with van der Waals surface area (Å²) in [6.07, 6.45) is -1.33. The van der Waals surface area contributed by atoms with E-state index in [1.54, 1.807) is 20.8 Å². The first-order valence-electron chi connectivity index (χ1n) is 5.39. The maximum atomic E-state index is 11.2. The molecule has 98 valence electrons. The first-order chi connectivity index (χ1) is 7.60. The maximum Gasteiger partial charge on any atom is 0.508 e. The number of cyclic esters (lactones) is 1. The molecule has 1 aliphatic rings. The minimum atomic E-state index is -1.50. The molecule has 2 atom stereocenters. The molecule has 6 nitrogen and oxygen atoms in total. The maximum absolute atomic E-state index is 11.2. The van der Waals surface area contributed by atoms with E-state index < -0.39 is 29.4 Å². The second-order valence-electron chi connectivity index (χ2n) is 5.28. The van der Waals surface area contributed by atoms with Crippen LogP contribution in [0.1, 0.15) is 34.1 Å². The third-order valence-electron chi connectivity index (χ3n) is 2.12. The first-order valence-corrected chi connectivity index (χ1v) is 5.39. The first kappa shape index (κ1) is 13.8. The smallest absolute Gasteiger partial charge is 0.456 e. The second-order valence-corrected chi connectivity index (χ2v) is 5.28. The molecule has 1 saturated heterocycles. The zero-order valence-electron chi connectivity index (χ0n) is 10.5. The fourth-order valence-electron chi connectivity index (χ4n) is 1.38. The van der Waals surface area contributed by atoms with Crippen LogP contribution in [0.5, 0.6) is 0 Å². The highest BCUT2D eigenvalue weighted by Crippen LogP contribution is 2.25. The van der Waals surface area contributed by atoms with Crippen LogP contribution in [0.15, 0.2) is 0 Å². The van der Waals surface area contributed by atoms with Gasteiger partial charge in [0.2, 0.25) is 0 Å². The van der Waals surface area contributed by atoms with Gasteiger partial charge in [-0.1, -0.05) is 0 Å². The molecule has 0 saturated carbocycles. The highest BCUT2D eigenvalue weighted by Gasteiger charge is 2.44. The van der Waals surface area contributed by atoms with Gasteiger partial charge in [0.1, 0.15) is 18.3 Å². The van der Waals surface area contributed by atoms with E-state index in [1.807, 2.05) is 0 Å². The summed E-state index contributed by atoms with van der Waals surface area (Å²) in [4.78, 5) is 22.3. The molecule has 1 N–H and O–H groups in total. The Bertz CT molecular complexity index is 314. The third kappa shape index (κ3) is 4.22. The highest BCUT2D eigenvalue weighted by atomic mass is 16.7. The fourth-order valence-corrected chi connectivity index (χ4v) is 1.38. The van der Waals surface area contributed by atoms with Crippen molar-refractivity contribution in [2.45, 2.75) is 51.4 Å². The standard InChI is InChI=1S/C11H18O6/c1-10(2,3)17-9(13)15-6-7-5-11(4,14)8(12)16-7/h7,14H,5-6H2,1-4H3/t7-,11-/m0/s1. The lowest BCUT2D eigenvalue weighted by Crippen LogP contribution is -2.29. The Labute approximate surface area is 99.8 Å². The predicted molar refractivity (Wildman–Crippen MR) is 57.3 cm³/mol. The summed E-state index contributed by atoms with van der Waals surface area (Å²) in [6.45, 7) is 6.40. The Morgan fingerprint density at radius 1 is 1.59 bits per heavy atom. The molecule has 0 aromatic carbocycles. The van der Waals surface area contributed by atoms with Crippen LogP contribution in [0.4, 0.5) is 4.79 Å². The molecule has 0 amide bonds. The van der Waals surface area contributed by atoms with Crippen molar-refractivity contribution in [3.05, 3.63) is 0 Å². The summed E-state index contributed by atoms with van der Waals surface area (Å²) in [5.74, 6) is -0.699. The van der Waals surface area contributed by atoms with Gasteiger partial charge in [-0.3, -0.25) is 0 Å². The Hall–Kier alpha value is -1.30. The van der Waals surface area contributed by atoms with Gasteiger partial charge in [-0.05, 0) is 27.7 Å². The molecule has 0 aromatic rings.